The van der Waals surface area contributed by atoms with E-state index in [9.17, 15) is 13.2 Å². The van der Waals surface area contributed by atoms with Crippen LogP contribution in [-0.2, 0) is 26.2 Å². The van der Waals surface area contributed by atoms with Gasteiger partial charge in [0, 0.05) is 0 Å². The van der Waals surface area contributed by atoms with Crippen molar-refractivity contribution in [1.82, 2.24) is 0 Å². The molecule has 3 nitrogen and oxygen atoms in total. The van der Waals surface area contributed by atoms with Crippen LogP contribution in [0.3, 0.4) is 0 Å². The molecule has 0 bridgehead atoms. The topological polar surface area (TPSA) is 71.4 Å². The van der Waals surface area contributed by atoms with Gasteiger partial charge in [0.1, 0.15) is 0 Å². The normalized spacial score (nSPS) is 10.7. The van der Waals surface area contributed by atoms with Gasteiger partial charge in [0.2, 0.25) is 0 Å². The fraction of sp³-hybridized carbons (Fsp3) is 0.765. The van der Waals surface area contributed by atoms with E-state index in [1.54, 1.807) is 0 Å². The van der Waals surface area contributed by atoms with E-state index in [1.807, 2.05) is 32.9 Å². The van der Waals surface area contributed by atoms with Gasteiger partial charge < -0.3 is 17.2 Å². The van der Waals surface area contributed by atoms with Crippen LogP contribution in [0.25, 0.3) is 17.2 Å². The fourth-order valence-corrected chi connectivity index (χ4v) is 0.340. The Hall–Kier alpha value is 0.576. The molecule has 0 saturated heterocycles. The Balaban J connectivity index is -0.0000000675. The van der Waals surface area contributed by atoms with E-state index in [0.29, 0.717) is 19.6 Å². The number of nitrogens with one attached hydrogen (secondary N) is 3. The maximum Gasteiger partial charge on any atom is 4.00 e. The average Bonchev–Trinajstić information content (AvgIpc) is 3.14. The van der Waals surface area contributed by atoms with Crippen molar-refractivity contribution in [3.63, 3.8) is 0 Å². The van der Waals surface area contributed by atoms with Crippen LogP contribution in [0.4, 0.5) is 13.2 Å². The van der Waals surface area contributed by atoms with Gasteiger partial charge in [0.15, 0.2) is 0 Å². The van der Waals surface area contributed by atoms with E-state index in [1.165, 1.54) is 11.5 Å². The number of rotatable bonds is 3. The third-order valence-electron chi connectivity index (χ3n) is 1.90. The van der Waals surface area contributed by atoms with Crippen LogP contribution in [-0.4, -0.2) is 39.0 Å². The fourth-order valence-electron chi connectivity index (χ4n) is 0.340. The van der Waals surface area contributed by atoms with Gasteiger partial charge in [-0.2, -0.15) is 25.7 Å². The maximum atomic E-state index is 11.3. The summed E-state index contributed by atoms with van der Waals surface area (Å²) in [6, 6.07) is 0. The zero-order chi connectivity index (χ0) is 19.9. The molecule has 1 radical (unpaired) electrons. The largest absolute Gasteiger partial charge is 4.00 e. The standard InChI is InChI=1S/C5H5.C3H6F3Ge.3C3H8N.Zr/c1-2-4-5-3-1;1-7(2)3(4,5)6;3*1-2-3-4;/h1-3H,4H2;1-2H3;3*4H,2-3H2,1H3;/q-1;;3*-1;+4. The third-order valence-corrected chi connectivity index (χ3v) is 4.28. The van der Waals surface area contributed by atoms with Crippen molar-refractivity contribution in [2.75, 3.05) is 19.6 Å². The van der Waals surface area contributed by atoms with Crippen molar-refractivity contribution in [2.24, 2.45) is 0 Å². The number of alkyl halides is 3. The molecule has 3 N–H and O–H groups in total. The molecule has 147 valence electrons. The third kappa shape index (κ3) is 59.0. The molecule has 0 saturated carbocycles. The molecule has 0 spiro atoms. The van der Waals surface area contributed by atoms with Crippen molar-refractivity contribution in [3.05, 3.63) is 41.5 Å². The van der Waals surface area contributed by atoms with Crippen LogP contribution < -0.4 is 0 Å². The van der Waals surface area contributed by atoms with Crippen LogP contribution in [0.1, 0.15) is 46.5 Å². The summed E-state index contributed by atoms with van der Waals surface area (Å²) in [5.74, 6) is 2.58. The first-order valence-corrected chi connectivity index (χ1v) is 13.5. The molecule has 25 heavy (non-hydrogen) atoms. The second-order valence-corrected chi connectivity index (χ2v) is 10.1. The number of halogens is 3. The summed E-state index contributed by atoms with van der Waals surface area (Å²) in [6.45, 7) is 7.69. The molecule has 0 aromatic rings. The quantitative estimate of drug-likeness (QED) is 0.283. The monoisotopic (exact) mass is 502 g/mol. The first-order valence-electron chi connectivity index (χ1n) is 8.22. The molecule has 0 fully saturated rings. The van der Waals surface area contributed by atoms with Crippen LogP contribution in [0.2, 0.25) is 11.5 Å². The van der Waals surface area contributed by atoms with Gasteiger partial charge >= 0.3 is 70.2 Å². The van der Waals surface area contributed by atoms with Crippen molar-refractivity contribution < 1.29 is 39.4 Å². The van der Waals surface area contributed by atoms with E-state index < -0.39 is 19.4 Å². The van der Waals surface area contributed by atoms with Gasteiger partial charge in [-0.25, -0.2) is 12.2 Å². The molecule has 0 heterocycles. The van der Waals surface area contributed by atoms with Crippen molar-refractivity contribution in [1.29, 1.82) is 0 Å². The minimum Gasteiger partial charge on any atom is 4.00 e. The van der Waals surface area contributed by atoms with Gasteiger partial charge in [0.25, 0.3) is 0 Å². The summed E-state index contributed by atoms with van der Waals surface area (Å²) < 4.78 is 33.8. The molecule has 0 aliphatic heterocycles. The van der Waals surface area contributed by atoms with Crippen molar-refractivity contribution in [3.8, 4) is 0 Å². The molecule has 0 atom stereocenters. The molecule has 8 heteroatoms. The van der Waals surface area contributed by atoms with E-state index in [4.69, 9.17) is 17.2 Å². The maximum absolute atomic E-state index is 11.3. The summed E-state index contributed by atoms with van der Waals surface area (Å²) in [7, 11) is 0. The first-order chi connectivity index (χ1) is 11.2. The zero-order valence-corrected chi connectivity index (χ0v) is 20.9. The minimum atomic E-state index is -3.83. The average molecular weight is 502 g/mol. The second kappa shape index (κ2) is 32.3. The molecule has 1 aliphatic rings. The second-order valence-electron chi connectivity index (χ2n) is 4.75. The Morgan fingerprint density at radius 3 is 1.24 bits per heavy atom. The summed E-state index contributed by atoms with van der Waals surface area (Å²) in [6.07, 6.45) is 13.0. The van der Waals surface area contributed by atoms with Crippen LogP contribution in [0.15, 0.2) is 18.2 Å². The van der Waals surface area contributed by atoms with Gasteiger partial charge in [-0.05, 0) is 0 Å². The smallest absolute Gasteiger partial charge is 4.00 e. The van der Waals surface area contributed by atoms with E-state index in [0.717, 1.165) is 25.7 Å². The summed E-state index contributed by atoms with van der Waals surface area (Å²) in [5, 5.41) is -3.83. The summed E-state index contributed by atoms with van der Waals surface area (Å²) in [4.78, 5) is 0. The van der Waals surface area contributed by atoms with Crippen LogP contribution >= 0.6 is 0 Å². The first kappa shape index (κ1) is 36.5. The SMILES string of the molecule is CCC[NH-].CCC[NH-].CCC[NH-].[C-]1=CC=CC1.[CH3][Ge]([CH3])[C](F)(F)F.[Zr+4]. The Kier molecular flexibility index (Phi) is 47.1. The molecule has 0 aromatic carbocycles. The minimum absolute atomic E-state index is 0. The Labute approximate surface area is 177 Å². The van der Waals surface area contributed by atoms with E-state index >= 15 is 0 Å². The van der Waals surface area contributed by atoms with Crippen LogP contribution in [0, 0.1) is 6.08 Å². The van der Waals surface area contributed by atoms with Gasteiger partial charge in [-0.3, -0.25) is 6.08 Å². The predicted molar refractivity (Wildman–Crippen MR) is 104 cm³/mol. The molecule has 0 aromatic heterocycles. The molecular weight excluding hydrogens is 467 g/mol. The van der Waals surface area contributed by atoms with E-state index in [2.05, 4.69) is 12.2 Å². The Morgan fingerprint density at radius 1 is 0.920 bits per heavy atom. The number of allylic oxidation sites excluding steroid dienone is 4. The molecular formula is C17H35F3GeN3Zr. The van der Waals surface area contributed by atoms with E-state index in [-0.39, 0.29) is 26.2 Å². The zero-order valence-electron chi connectivity index (χ0n) is 16.3. The Morgan fingerprint density at radius 2 is 1.20 bits per heavy atom. The Bertz CT molecular complexity index is 237. The molecule has 1 aliphatic carbocycles. The number of hydrogen-bond acceptors (Lipinski definition) is 0. The van der Waals surface area contributed by atoms with Gasteiger partial charge in [-0.1, -0.05) is 40.0 Å². The van der Waals surface area contributed by atoms with Gasteiger partial charge in [-0.15, -0.1) is 6.42 Å². The molecule has 0 unspecified atom stereocenters. The molecule has 0 amide bonds. The molecule has 1 rings (SSSR count). The number of hydrogen-bond donors (Lipinski definition) is 0. The van der Waals surface area contributed by atoms with Crippen molar-refractivity contribution >= 4 is 14.3 Å². The van der Waals surface area contributed by atoms with Crippen molar-refractivity contribution in [2.45, 2.75) is 63.0 Å². The van der Waals surface area contributed by atoms with Crippen LogP contribution in [0.5, 0.6) is 0 Å². The predicted octanol–water partition coefficient (Wildman–Crippen LogP) is 7.49. The van der Waals surface area contributed by atoms with Gasteiger partial charge in [0.05, 0.1) is 0 Å². The summed E-state index contributed by atoms with van der Waals surface area (Å²) >= 11 is -2.59. The summed E-state index contributed by atoms with van der Waals surface area (Å²) in [5.41, 5.74) is 19.4.